The van der Waals surface area contributed by atoms with Crippen LogP contribution in [0.1, 0.15) is 0 Å². The highest BCUT2D eigenvalue weighted by atomic mass is 127. The maximum absolute atomic E-state index is 4.69. The molecule has 0 saturated carbocycles. The minimum Gasteiger partial charge on any atom is -0.323 e. The van der Waals surface area contributed by atoms with Crippen molar-refractivity contribution >= 4 is 29.7 Å². The van der Waals surface area contributed by atoms with Gasteiger partial charge < -0.3 is 4.99 Å². The van der Waals surface area contributed by atoms with Crippen molar-refractivity contribution in [1.29, 1.82) is 0 Å². The third kappa shape index (κ3) is 3.88. The van der Waals surface area contributed by atoms with Gasteiger partial charge in [-0.05, 0) is 30.0 Å². The van der Waals surface area contributed by atoms with Crippen molar-refractivity contribution in [3.8, 4) is 11.4 Å². The van der Waals surface area contributed by atoms with Crippen molar-refractivity contribution < 1.29 is 4.68 Å². The van der Waals surface area contributed by atoms with E-state index in [1.165, 1.54) is 0 Å². The van der Waals surface area contributed by atoms with E-state index in [-0.39, 0.29) is 24.0 Å². The average molecular weight is 440 g/mol. The molecule has 0 bridgehead atoms. The largest absolute Gasteiger partial charge is 0.323 e. The lowest BCUT2D eigenvalue weighted by molar-refractivity contribution is -0.663. The first-order valence-corrected chi connectivity index (χ1v) is 7.79. The highest BCUT2D eigenvalue weighted by Gasteiger charge is 2.09. The van der Waals surface area contributed by atoms with Crippen molar-refractivity contribution in [3.05, 3.63) is 103 Å². The number of para-hydroxylation sites is 3. The van der Waals surface area contributed by atoms with Gasteiger partial charge in [-0.1, -0.05) is 66.7 Å². The fourth-order valence-electron chi connectivity index (χ4n) is 2.50. The summed E-state index contributed by atoms with van der Waals surface area (Å²) in [5, 5.41) is 4.67. The summed E-state index contributed by atoms with van der Waals surface area (Å²) in [6.45, 7) is 0. The van der Waals surface area contributed by atoms with E-state index >= 15 is 0 Å². The first-order valence-electron chi connectivity index (χ1n) is 7.79. The van der Waals surface area contributed by atoms with E-state index < -0.39 is 0 Å². The Morgan fingerprint density at radius 2 is 1.28 bits per heavy atom. The number of aromatic nitrogens is 3. The van der Waals surface area contributed by atoms with Crippen molar-refractivity contribution in [3.63, 3.8) is 0 Å². The summed E-state index contributed by atoms with van der Waals surface area (Å²) in [5.74, 6) is 0. The molecule has 0 unspecified atom stereocenters. The smallest absolute Gasteiger partial charge is 0.264 e. The van der Waals surface area contributed by atoms with Crippen LogP contribution in [0.25, 0.3) is 11.4 Å². The van der Waals surface area contributed by atoms with Gasteiger partial charge in [-0.3, -0.25) is 0 Å². The van der Waals surface area contributed by atoms with Gasteiger partial charge in [0.25, 0.3) is 6.33 Å². The first-order chi connectivity index (χ1) is 11.9. The van der Waals surface area contributed by atoms with Crippen LogP contribution < -0.4 is 15.4 Å². The van der Waals surface area contributed by atoms with Crippen LogP contribution in [0, 0.1) is 0 Å². The minimum absolute atomic E-state index is 0. The zero-order valence-corrected chi connectivity index (χ0v) is 15.8. The predicted octanol–water partition coefficient (Wildman–Crippen LogP) is 3.56. The van der Waals surface area contributed by atoms with Crippen molar-refractivity contribution in [2.45, 2.75) is 0 Å². The van der Waals surface area contributed by atoms with E-state index in [1.807, 2.05) is 107 Å². The Kier molecular flexibility index (Phi) is 5.45. The van der Waals surface area contributed by atoms with E-state index in [0.717, 1.165) is 17.1 Å². The Morgan fingerprint density at radius 3 is 1.92 bits per heavy atom. The van der Waals surface area contributed by atoms with E-state index in [1.54, 1.807) is 0 Å². The fraction of sp³-hybridized carbons (Fsp3) is 0. The Morgan fingerprint density at radius 1 is 0.720 bits per heavy atom. The molecule has 4 nitrogen and oxygen atoms in total. The molecule has 0 aliphatic carbocycles. The van der Waals surface area contributed by atoms with Gasteiger partial charge in [0.05, 0.1) is 0 Å². The van der Waals surface area contributed by atoms with Gasteiger partial charge in [-0.15, -0.1) is 24.0 Å². The summed E-state index contributed by atoms with van der Waals surface area (Å²) in [7, 11) is 0. The molecule has 3 aromatic carbocycles. The highest BCUT2D eigenvalue weighted by Crippen LogP contribution is 2.09. The minimum atomic E-state index is 0. The molecule has 1 heterocycles. The molecule has 0 atom stereocenters. The van der Waals surface area contributed by atoms with Crippen LogP contribution >= 0.6 is 24.0 Å². The summed E-state index contributed by atoms with van der Waals surface area (Å²) in [6.07, 6.45) is 1.95. The number of hydrogen-bond acceptors (Lipinski definition) is 1. The Hall–Kier alpha value is -2.67. The molecule has 25 heavy (non-hydrogen) atoms. The van der Waals surface area contributed by atoms with E-state index in [4.69, 9.17) is 4.99 Å². The van der Waals surface area contributed by atoms with E-state index in [9.17, 15) is 0 Å². The van der Waals surface area contributed by atoms with Gasteiger partial charge in [-0.25, -0.2) is 0 Å². The zero-order valence-electron chi connectivity index (χ0n) is 13.4. The molecule has 0 N–H and O–H groups in total. The standard InChI is InChI=1S/C20H16N4.HI/c1-4-10-17(11-5-1)21-20-22-24(19-14-8-3-9-15-19)16-23(20)18-12-6-2-7-13-18;/h1-16H;1H. The third-order valence-electron chi connectivity index (χ3n) is 3.68. The van der Waals surface area contributed by atoms with Crippen LogP contribution in [0.4, 0.5) is 5.69 Å². The molecule has 124 valence electrons. The number of benzene rings is 3. The molecule has 4 aromatic rings. The fourth-order valence-corrected chi connectivity index (χ4v) is 2.50. The van der Waals surface area contributed by atoms with Gasteiger partial charge >= 0.3 is 0 Å². The van der Waals surface area contributed by atoms with Crippen LogP contribution in [0.3, 0.4) is 0 Å². The molecule has 0 spiro atoms. The Labute approximate surface area is 163 Å². The molecular weight excluding hydrogens is 423 g/mol. The molecule has 0 saturated heterocycles. The highest BCUT2D eigenvalue weighted by molar-refractivity contribution is 14.0. The monoisotopic (exact) mass is 440 g/mol. The van der Waals surface area contributed by atoms with E-state index in [2.05, 4.69) is 5.10 Å². The van der Waals surface area contributed by atoms with Crippen molar-refractivity contribution in [1.82, 2.24) is 9.67 Å². The predicted molar refractivity (Wildman–Crippen MR) is 108 cm³/mol. The molecule has 0 radical (unpaired) electrons. The summed E-state index contributed by atoms with van der Waals surface area (Å²) < 4.78 is 3.83. The lowest BCUT2D eigenvalue weighted by atomic mass is 10.3. The number of hydrogen-bond donors (Lipinski definition) is 0. The molecule has 1 aromatic heterocycles. The van der Waals surface area contributed by atoms with Crippen LogP contribution in [0.2, 0.25) is 0 Å². The molecule has 4 rings (SSSR count). The Bertz CT molecular complexity index is 990. The quantitative estimate of drug-likeness (QED) is 0.355. The second kappa shape index (κ2) is 7.94. The van der Waals surface area contributed by atoms with Crippen LogP contribution in [0.15, 0.2) is 102 Å². The van der Waals surface area contributed by atoms with Crippen LogP contribution in [-0.2, 0) is 0 Å². The van der Waals surface area contributed by atoms with Crippen molar-refractivity contribution in [2.75, 3.05) is 0 Å². The summed E-state index contributed by atoms with van der Waals surface area (Å²) >= 11 is 0. The van der Waals surface area contributed by atoms with Gasteiger partial charge in [-0.2, -0.15) is 14.3 Å². The number of nitrogens with zero attached hydrogens (tertiary/aromatic N) is 4. The summed E-state index contributed by atoms with van der Waals surface area (Å²) in [4.78, 5) is 4.69. The lowest BCUT2D eigenvalue weighted by Crippen LogP contribution is -2.36. The van der Waals surface area contributed by atoms with E-state index in [0.29, 0.717) is 5.62 Å². The average Bonchev–Trinajstić information content (AvgIpc) is 3.08. The SMILES string of the molecule is I.c1ccc(N=c2[n-][n+](-c3ccccc3)cn2-c2ccccc2)cc1. The maximum atomic E-state index is 4.69. The molecule has 5 heteroatoms. The second-order valence-corrected chi connectivity index (χ2v) is 5.35. The molecular formula is C20H17IN4. The van der Waals surface area contributed by atoms with Crippen LogP contribution in [-0.4, -0.2) is 4.57 Å². The Balaban J connectivity index is 0.00000182. The number of halogens is 1. The second-order valence-electron chi connectivity index (χ2n) is 5.35. The summed E-state index contributed by atoms with van der Waals surface area (Å²) in [6, 6.07) is 30.0. The zero-order chi connectivity index (χ0) is 16.2. The third-order valence-corrected chi connectivity index (χ3v) is 3.68. The molecule has 0 amide bonds. The molecule has 0 aliphatic heterocycles. The molecule has 0 fully saturated rings. The summed E-state index contributed by atoms with van der Waals surface area (Å²) in [5.41, 5.74) is 3.53. The normalized spacial score (nSPS) is 11.1. The number of rotatable bonds is 3. The van der Waals surface area contributed by atoms with Gasteiger partial charge in [0.2, 0.25) is 5.62 Å². The topological polar surface area (TPSA) is 35.3 Å². The maximum Gasteiger partial charge on any atom is 0.264 e. The van der Waals surface area contributed by atoms with Crippen LogP contribution in [0.5, 0.6) is 0 Å². The first kappa shape index (κ1) is 17.2. The lowest BCUT2D eigenvalue weighted by Gasteiger charge is -1.97. The van der Waals surface area contributed by atoms with Gasteiger partial charge in [0, 0.05) is 0 Å². The van der Waals surface area contributed by atoms with Crippen molar-refractivity contribution in [2.24, 2.45) is 4.99 Å². The van der Waals surface area contributed by atoms with Gasteiger partial charge in [0.15, 0.2) is 0 Å². The molecule has 0 aliphatic rings. The van der Waals surface area contributed by atoms with Gasteiger partial charge in [0.1, 0.15) is 11.4 Å².